The zero-order chi connectivity index (χ0) is 11.8. The van der Waals surface area contributed by atoms with Crippen LogP contribution in [-0.2, 0) is 6.54 Å². The van der Waals surface area contributed by atoms with Crippen molar-refractivity contribution in [3.63, 3.8) is 0 Å². The maximum Gasteiger partial charge on any atom is 0.179 e. The van der Waals surface area contributed by atoms with Gasteiger partial charge < -0.3 is 9.55 Å². The van der Waals surface area contributed by atoms with E-state index in [1.165, 1.54) is 25.7 Å². The normalized spacial score (nSPS) is 16.3. The number of hydrogen-bond acceptors (Lipinski definition) is 2. The molecule has 0 bridgehead atoms. The lowest BCUT2D eigenvalue weighted by molar-refractivity contribution is 0.283. The zero-order valence-corrected chi connectivity index (χ0v) is 11.0. The van der Waals surface area contributed by atoms with Crippen LogP contribution in [0.4, 0.5) is 0 Å². The summed E-state index contributed by atoms with van der Waals surface area (Å²) >= 11 is 11.2. The van der Waals surface area contributed by atoms with Gasteiger partial charge in [-0.05, 0) is 30.6 Å². The summed E-state index contributed by atoms with van der Waals surface area (Å²) < 4.78 is 2.83. The van der Waals surface area contributed by atoms with Crippen molar-refractivity contribution in [3.05, 3.63) is 22.1 Å². The van der Waals surface area contributed by atoms with Crippen LogP contribution in [0.3, 0.4) is 0 Å². The number of H-pyrrole nitrogens is 1. The largest absolute Gasteiger partial charge is 0.329 e. The maximum absolute atomic E-state index is 5.91. The van der Waals surface area contributed by atoms with Gasteiger partial charge in [-0.2, -0.15) is 0 Å². The van der Waals surface area contributed by atoms with E-state index >= 15 is 0 Å². The van der Waals surface area contributed by atoms with E-state index in [9.17, 15) is 0 Å². The fraction of sp³-hybridized carbons (Fsp3) is 0.500. The molecule has 0 saturated heterocycles. The number of hydrogen-bond donors (Lipinski definition) is 1. The second-order valence-corrected chi connectivity index (χ2v) is 5.52. The summed E-state index contributed by atoms with van der Waals surface area (Å²) in [5, 5.41) is 0.639. The lowest BCUT2D eigenvalue weighted by Gasteiger charge is -2.25. The van der Waals surface area contributed by atoms with Crippen LogP contribution in [0.5, 0.6) is 0 Å². The lowest BCUT2D eigenvalue weighted by Crippen LogP contribution is -2.14. The molecule has 90 valence electrons. The Balaban J connectivity index is 1.91. The van der Waals surface area contributed by atoms with Crippen molar-refractivity contribution in [2.75, 3.05) is 0 Å². The standard InChI is InChI=1S/C12H14ClN3S/c13-9-6-10-11(14-7-9)16(12(17)15-10)5-4-8-2-1-3-8/h6-8H,1-5H2,(H,15,17). The summed E-state index contributed by atoms with van der Waals surface area (Å²) in [5.41, 5.74) is 1.84. The van der Waals surface area contributed by atoms with Crippen LogP contribution in [0.25, 0.3) is 11.2 Å². The van der Waals surface area contributed by atoms with Crippen LogP contribution in [-0.4, -0.2) is 14.5 Å². The highest BCUT2D eigenvalue weighted by molar-refractivity contribution is 7.71. The molecule has 0 aliphatic heterocycles. The van der Waals surface area contributed by atoms with E-state index in [-0.39, 0.29) is 0 Å². The van der Waals surface area contributed by atoms with Gasteiger partial charge in [0, 0.05) is 12.7 Å². The molecule has 0 aromatic carbocycles. The van der Waals surface area contributed by atoms with E-state index in [0.717, 1.165) is 28.4 Å². The summed E-state index contributed by atoms with van der Waals surface area (Å²) in [6.07, 6.45) is 7.00. The quantitative estimate of drug-likeness (QED) is 0.855. The molecule has 0 amide bonds. The minimum Gasteiger partial charge on any atom is -0.329 e. The van der Waals surface area contributed by atoms with Gasteiger partial charge in [-0.3, -0.25) is 0 Å². The summed E-state index contributed by atoms with van der Waals surface area (Å²) in [7, 11) is 0. The minimum absolute atomic E-state index is 0.639. The molecule has 3 rings (SSSR count). The van der Waals surface area contributed by atoms with Crippen LogP contribution in [0, 0.1) is 10.7 Å². The molecule has 1 aliphatic carbocycles. The number of nitrogens with zero attached hydrogens (tertiary/aromatic N) is 2. The number of aromatic amines is 1. The average molecular weight is 268 g/mol. The smallest absolute Gasteiger partial charge is 0.179 e. The third-order valence-electron chi connectivity index (χ3n) is 3.56. The number of imidazole rings is 1. The number of rotatable bonds is 3. The molecule has 1 N–H and O–H groups in total. The van der Waals surface area contributed by atoms with Crippen LogP contribution in [0.1, 0.15) is 25.7 Å². The summed E-state index contributed by atoms with van der Waals surface area (Å²) in [6, 6.07) is 1.87. The number of nitrogens with one attached hydrogen (secondary N) is 1. The third-order valence-corrected chi connectivity index (χ3v) is 4.09. The Morgan fingerprint density at radius 1 is 1.53 bits per heavy atom. The van der Waals surface area contributed by atoms with Gasteiger partial charge in [-0.1, -0.05) is 30.9 Å². The molecule has 17 heavy (non-hydrogen) atoms. The number of fused-ring (bicyclic) bond motifs is 1. The fourth-order valence-corrected chi connectivity index (χ4v) is 2.76. The molecule has 0 atom stereocenters. The summed E-state index contributed by atoms with van der Waals surface area (Å²) in [6.45, 7) is 0.956. The van der Waals surface area contributed by atoms with Crippen molar-refractivity contribution in [2.24, 2.45) is 5.92 Å². The molecule has 2 aromatic rings. The van der Waals surface area contributed by atoms with E-state index < -0.39 is 0 Å². The van der Waals surface area contributed by atoms with Crippen molar-refractivity contribution in [1.29, 1.82) is 0 Å². The molecule has 1 saturated carbocycles. The Hall–Kier alpha value is -0.870. The summed E-state index contributed by atoms with van der Waals surface area (Å²) in [5.74, 6) is 0.883. The van der Waals surface area contributed by atoms with Crippen molar-refractivity contribution in [3.8, 4) is 0 Å². The Morgan fingerprint density at radius 2 is 2.35 bits per heavy atom. The number of pyridine rings is 1. The lowest BCUT2D eigenvalue weighted by atomic mass is 9.83. The van der Waals surface area contributed by atoms with E-state index in [2.05, 4.69) is 14.5 Å². The predicted octanol–water partition coefficient (Wildman–Crippen LogP) is 3.94. The zero-order valence-electron chi connectivity index (χ0n) is 9.45. The van der Waals surface area contributed by atoms with Crippen LogP contribution in [0.15, 0.2) is 12.3 Å². The molecule has 0 spiro atoms. The SMILES string of the molecule is S=c1[nH]c2cc(Cl)cnc2n1CCC1CCC1. The highest BCUT2D eigenvalue weighted by atomic mass is 35.5. The van der Waals surface area contributed by atoms with Crippen molar-refractivity contribution < 1.29 is 0 Å². The average Bonchev–Trinajstić information content (AvgIpc) is 2.52. The fourth-order valence-electron chi connectivity index (χ4n) is 2.32. The molecule has 5 heteroatoms. The molecule has 1 aliphatic rings. The third kappa shape index (κ3) is 2.11. The highest BCUT2D eigenvalue weighted by Crippen LogP contribution is 2.30. The van der Waals surface area contributed by atoms with Gasteiger partial charge >= 0.3 is 0 Å². The van der Waals surface area contributed by atoms with Gasteiger partial charge in [-0.25, -0.2) is 4.98 Å². The summed E-state index contributed by atoms with van der Waals surface area (Å²) in [4.78, 5) is 7.51. The maximum atomic E-state index is 5.91. The van der Waals surface area contributed by atoms with Crippen molar-refractivity contribution >= 4 is 35.0 Å². The Labute approximate surface area is 110 Å². The van der Waals surface area contributed by atoms with E-state index in [1.807, 2.05) is 6.07 Å². The Bertz CT molecular complexity index is 597. The molecule has 2 heterocycles. The number of halogens is 1. The number of aromatic nitrogens is 3. The van der Waals surface area contributed by atoms with Gasteiger partial charge in [0.15, 0.2) is 10.4 Å². The van der Waals surface area contributed by atoms with Crippen LogP contribution in [0.2, 0.25) is 5.02 Å². The first-order chi connectivity index (χ1) is 8.24. The van der Waals surface area contributed by atoms with E-state index in [4.69, 9.17) is 23.8 Å². The van der Waals surface area contributed by atoms with Crippen LogP contribution >= 0.6 is 23.8 Å². The first kappa shape index (κ1) is 11.2. The highest BCUT2D eigenvalue weighted by Gasteiger charge is 2.17. The Morgan fingerprint density at radius 3 is 3.06 bits per heavy atom. The van der Waals surface area contributed by atoms with Gasteiger partial charge in [0.25, 0.3) is 0 Å². The van der Waals surface area contributed by atoms with E-state index in [0.29, 0.717) is 5.02 Å². The number of aryl methyl sites for hydroxylation is 1. The Kier molecular flexibility index (Phi) is 2.92. The molecule has 1 fully saturated rings. The second kappa shape index (κ2) is 4.42. The van der Waals surface area contributed by atoms with Gasteiger partial charge in [0.05, 0.1) is 10.5 Å². The first-order valence-corrected chi connectivity index (χ1v) is 6.77. The topological polar surface area (TPSA) is 33.6 Å². The molecule has 3 nitrogen and oxygen atoms in total. The van der Waals surface area contributed by atoms with Gasteiger partial charge in [-0.15, -0.1) is 0 Å². The van der Waals surface area contributed by atoms with E-state index in [1.54, 1.807) is 6.20 Å². The van der Waals surface area contributed by atoms with Crippen molar-refractivity contribution in [2.45, 2.75) is 32.2 Å². The van der Waals surface area contributed by atoms with Crippen LogP contribution < -0.4 is 0 Å². The minimum atomic E-state index is 0.639. The van der Waals surface area contributed by atoms with Gasteiger partial charge in [0.1, 0.15) is 0 Å². The first-order valence-electron chi connectivity index (χ1n) is 5.98. The molecule has 0 unspecified atom stereocenters. The molecular weight excluding hydrogens is 254 g/mol. The van der Waals surface area contributed by atoms with Gasteiger partial charge in [0.2, 0.25) is 0 Å². The van der Waals surface area contributed by atoms with Crippen molar-refractivity contribution in [1.82, 2.24) is 14.5 Å². The predicted molar refractivity (Wildman–Crippen MR) is 71.9 cm³/mol. The monoisotopic (exact) mass is 267 g/mol. The molecule has 0 radical (unpaired) electrons. The molecule has 2 aromatic heterocycles. The molecular formula is C12H14ClN3S. The second-order valence-electron chi connectivity index (χ2n) is 4.69.